The fourth-order valence-corrected chi connectivity index (χ4v) is 3.16. The average molecular weight is 342 g/mol. The summed E-state index contributed by atoms with van der Waals surface area (Å²) in [5.74, 6) is 1.89. The minimum Gasteiger partial charge on any atom is -0.441 e. The molecule has 134 valence electrons. The summed E-state index contributed by atoms with van der Waals surface area (Å²) in [6, 6.07) is 7.56. The summed E-state index contributed by atoms with van der Waals surface area (Å²) < 4.78 is 5.55. The summed E-state index contributed by atoms with van der Waals surface area (Å²) in [6.07, 6.45) is 2.76. The highest BCUT2D eigenvalue weighted by Crippen LogP contribution is 2.23. The van der Waals surface area contributed by atoms with Gasteiger partial charge >= 0.3 is 6.03 Å². The molecule has 0 bridgehead atoms. The molecule has 6 nitrogen and oxygen atoms in total. The van der Waals surface area contributed by atoms with E-state index in [1.807, 2.05) is 36.1 Å². The Balaban J connectivity index is 1.60. The first-order chi connectivity index (χ1) is 12.0. The van der Waals surface area contributed by atoms with Crippen molar-refractivity contribution in [1.29, 1.82) is 0 Å². The largest absolute Gasteiger partial charge is 0.441 e. The topological polar surface area (TPSA) is 61.6 Å². The summed E-state index contributed by atoms with van der Waals surface area (Å²) in [4.78, 5) is 21.0. The van der Waals surface area contributed by atoms with Gasteiger partial charge < -0.3 is 19.5 Å². The smallest absolute Gasteiger partial charge is 0.321 e. The molecule has 0 radical (unpaired) electrons. The van der Waals surface area contributed by atoms with Gasteiger partial charge in [-0.2, -0.15) is 0 Å². The minimum absolute atomic E-state index is 0.0395. The lowest BCUT2D eigenvalue weighted by molar-refractivity contribution is 0.218. The third-order valence-corrected chi connectivity index (χ3v) is 4.66. The van der Waals surface area contributed by atoms with Gasteiger partial charge in [-0.15, -0.1) is 0 Å². The standard InChI is InChI=1S/C19H26N4O2/c1-4-22(3)12-15-8-9-23(13-15)19(24)21-17-7-5-6-16(10-17)18-20-11-14(2)25-18/h5-7,10-11,15H,4,8-9,12-13H2,1-3H3,(H,21,24). The molecule has 1 atom stereocenters. The first-order valence-electron chi connectivity index (χ1n) is 8.82. The van der Waals surface area contributed by atoms with E-state index < -0.39 is 0 Å². The maximum atomic E-state index is 12.5. The van der Waals surface area contributed by atoms with Crippen LogP contribution < -0.4 is 5.32 Å². The number of anilines is 1. The van der Waals surface area contributed by atoms with E-state index in [-0.39, 0.29) is 6.03 Å². The number of nitrogens with zero attached hydrogens (tertiary/aromatic N) is 3. The molecule has 2 heterocycles. The molecule has 1 aliphatic rings. The first-order valence-corrected chi connectivity index (χ1v) is 8.82. The lowest BCUT2D eigenvalue weighted by atomic mass is 10.1. The molecule has 1 aromatic heterocycles. The predicted octanol–water partition coefficient (Wildman–Crippen LogP) is 3.46. The summed E-state index contributed by atoms with van der Waals surface area (Å²) in [5.41, 5.74) is 1.61. The highest BCUT2D eigenvalue weighted by molar-refractivity contribution is 5.90. The van der Waals surface area contributed by atoms with Crippen LogP contribution in [0.25, 0.3) is 11.5 Å². The van der Waals surface area contributed by atoms with Gasteiger partial charge in [0.2, 0.25) is 5.89 Å². The first kappa shape index (κ1) is 17.5. The fraction of sp³-hybridized carbons (Fsp3) is 0.474. The Kier molecular flexibility index (Phi) is 5.38. The van der Waals surface area contributed by atoms with Gasteiger partial charge in [-0.25, -0.2) is 9.78 Å². The Bertz CT molecular complexity index is 728. The molecule has 1 N–H and O–H groups in total. The summed E-state index contributed by atoms with van der Waals surface area (Å²) >= 11 is 0. The van der Waals surface area contributed by atoms with Crippen molar-refractivity contribution in [1.82, 2.24) is 14.8 Å². The van der Waals surface area contributed by atoms with Gasteiger partial charge in [0.1, 0.15) is 5.76 Å². The summed E-state index contributed by atoms with van der Waals surface area (Å²) in [6.45, 7) is 7.72. The van der Waals surface area contributed by atoms with Crippen molar-refractivity contribution in [2.45, 2.75) is 20.3 Å². The van der Waals surface area contributed by atoms with Gasteiger partial charge in [0.05, 0.1) is 6.20 Å². The third kappa shape index (κ3) is 4.39. The van der Waals surface area contributed by atoms with E-state index in [0.29, 0.717) is 11.8 Å². The Morgan fingerprint density at radius 2 is 2.32 bits per heavy atom. The number of aryl methyl sites for hydroxylation is 1. The summed E-state index contributed by atoms with van der Waals surface area (Å²) in [7, 11) is 2.12. The molecule has 0 spiro atoms. The molecule has 3 rings (SSSR count). The molecule has 2 amide bonds. The van der Waals surface area contributed by atoms with Crippen LogP contribution in [0.3, 0.4) is 0 Å². The highest BCUT2D eigenvalue weighted by Gasteiger charge is 2.26. The molecule has 0 aliphatic carbocycles. The van der Waals surface area contributed by atoms with E-state index in [1.54, 1.807) is 6.20 Å². The van der Waals surface area contributed by atoms with Crippen molar-refractivity contribution in [3.63, 3.8) is 0 Å². The van der Waals surface area contributed by atoms with Crippen molar-refractivity contribution >= 4 is 11.7 Å². The number of benzene rings is 1. The van der Waals surface area contributed by atoms with Crippen molar-refractivity contribution in [3.05, 3.63) is 36.2 Å². The average Bonchev–Trinajstić information content (AvgIpc) is 3.24. The molecule has 2 aromatic rings. The summed E-state index contributed by atoms with van der Waals surface area (Å²) in [5, 5.41) is 2.99. The molecule has 0 saturated carbocycles. The van der Waals surface area contributed by atoms with Crippen molar-refractivity contribution in [2.24, 2.45) is 5.92 Å². The molecular weight excluding hydrogens is 316 g/mol. The maximum absolute atomic E-state index is 12.5. The van der Waals surface area contributed by atoms with Gasteiger partial charge in [0, 0.05) is 30.9 Å². The number of likely N-dealkylation sites (tertiary alicyclic amines) is 1. The second-order valence-corrected chi connectivity index (χ2v) is 6.74. The predicted molar refractivity (Wildman–Crippen MR) is 98.5 cm³/mol. The number of oxazole rings is 1. The molecule has 25 heavy (non-hydrogen) atoms. The Morgan fingerprint density at radius 1 is 1.48 bits per heavy atom. The Hall–Kier alpha value is -2.34. The number of rotatable bonds is 5. The van der Waals surface area contributed by atoms with Crippen molar-refractivity contribution < 1.29 is 9.21 Å². The second-order valence-electron chi connectivity index (χ2n) is 6.74. The number of hydrogen-bond acceptors (Lipinski definition) is 4. The van der Waals surface area contributed by atoms with E-state index in [0.717, 1.165) is 49.6 Å². The normalized spacial score (nSPS) is 17.3. The molecule has 1 aromatic carbocycles. The van der Waals surface area contributed by atoms with Crippen LogP contribution in [-0.4, -0.2) is 54.0 Å². The van der Waals surface area contributed by atoms with Crippen LogP contribution in [0.5, 0.6) is 0 Å². The van der Waals surface area contributed by atoms with Crippen LogP contribution in [0.1, 0.15) is 19.1 Å². The van der Waals surface area contributed by atoms with Gasteiger partial charge in [-0.05, 0) is 51.1 Å². The van der Waals surface area contributed by atoms with Crippen LogP contribution >= 0.6 is 0 Å². The zero-order valence-corrected chi connectivity index (χ0v) is 15.2. The lowest BCUT2D eigenvalue weighted by Crippen LogP contribution is -2.34. The zero-order chi connectivity index (χ0) is 17.8. The van der Waals surface area contributed by atoms with Crippen LogP contribution in [0, 0.1) is 12.8 Å². The molecule has 1 unspecified atom stereocenters. The van der Waals surface area contributed by atoms with E-state index in [9.17, 15) is 4.79 Å². The molecule has 1 fully saturated rings. The van der Waals surface area contributed by atoms with E-state index in [4.69, 9.17) is 4.42 Å². The molecule has 1 saturated heterocycles. The zero-order valence-electron chi connectivity index (χ0n) is 15.2. The minimum atomic E-state index is -0.0395. The van der Waals surface area contributed by atoms with Gasteiger partial charge in [-0.3, -0.25) is 0 Å². The van der Waals surface area contributed by atoms with Crippen LogP contribution in [0.2, 0.25) is 0 Å². The molecule has 6 heteroatoms. The number of urea groups is 1. The third-order valence-electron chi connectivity index (χ3n) is 4.66. The monoisotopic (exact) mass is 342 g/mol. The Morgan fingerprint density at radius 3 is 3.04 bits per heavy atom. The van der Waals surface area contributed by atoms with Crippen LogP contribution in [0.15, 0.2) is 34.9 Å². The number of amides is 2. The highest BCUT2D eigenvalue weighted by atomic mass is 16.4. The van der Waals surface area contributed by atoms with E-state index in [1.165, 1.54) is 0 Å². The van der Waals surface area contributed by atoms with Gasteiger partial charge in [-0.1, -0.05) is 13.0 Å². The van der Waals surface area contributed by atoms with Crippen molar-refractivity contribution in [2.75, 3.05) is 38.5 Å². The molecule has 1 aliphatic heterocycles. The quantitative estimate of drug-likeness (QED) is 0.904. The molecular formula is C19H26N4O2. The Labute approximate surface area is 148 Å². The van der Waals surface area contributed by atoms with Crippen molar-refractivity contribution in [3.8, 4) is 11.5 Å². The van der Waals surface area contributed by atoms with E-state index in [2.05, 4.69) is 29.2 Å². The van der Waals surface area contributed by atoms with Gasteiger partial charge in [0.15, 0.2) is 0 Å². The van der Waals surface area contributed by atoms with E-state index >= 15 is 0 Å². The number of aromatic nitrogens is 1. The fourth-order valence-electron chi connectivity index (χ4n) is 3.16. The second kappa shape index (κ2) is 7.70. The van der Waals surface area contributed by atoms with Crippen LogP contribution in [-0.2, 0) is 0 Å². The SMILES string of the molecule is CCN(C)CC1CCN(C(=O)Nc2cccc(-c3ncc(C)o3)c2)C1. The van der Waals surface area contributed by atoms with Crippen LogP contribution in [0.4, 0.5) is 10.5 Å². The number of nitrogens with one attached hydrogen (secondary N) is 1. The lowest BCUT2D eigenvalue weighted by Gasteiger charge is -2.20. The number of hydrogen-bond donors (Lipinski definition) is 1. The maximum Gasteiger partial charge on any atom is 0.321 e. The van der Waals surface area contributed by atoms with Gasteiger partial charge in [0.25, 0.3) is 0 Å². The number of carbonyl (C=O) groups is 1. The number of carbonyl (C=O) groups excluding carboxylic acids is 1.